The SMILES string of the molecule is C[C@@H]1CN(CCOc2cccc(C(F)(F)F)c2)C[C@@H](C)O1. The van der Waals surface area contributed by atoms with E-state index in [2.05, 4.69) is 4.90 Å². The Hall–Kier alpha value is -1.27. The predicted octanol–water partition coefficient (Wildman–Crippen LogP) is 3.19. The number of morpholine rings is 1. The monoisotopic (exact) mass is 303 g/mol. The second-order valence-corrected chi connectivity index (χ2v) is 5.39. The van der Waals surface area contributed by atoms with Gasteiger partial charge in [-0.05, 0) is 32.0 Å². The van der Waals surface area contributed by atoms with Crippen molar-refractivity contribution in [2.75, 3.05) is 26.2 Å². The number of hydrogen-bond acceptors (Lipinski definition) is 3. The van der Waals surface area contributed by atoms with Crippen LogP contribution in [-0.4, -0.2) is 43.3 Å². The third kappa shape index (κ3) is 4.89. The molecule has 118 valence electrons. The van der Waals surface area contributed by atoms with E-state index < -0.39 is 11.7 Å². The van der Waals surface area contributed by atoms with Crippen molar-refractivity contribution in [3.05, 3.63) is 29.8 Å². The fraction of sp³-hybridized carbons (Fsp3) is 0.600. The van der Waals surface area contributed by atoms with Gasteiger partial charge < -0.3 is 9.47 Å². The second-order valence-electron chi connectivity index (χ2n) is 5.39. The summed E-state index contributed by atoms with van der Waals surface area (Å²) in [7, 11) is 0. The van der Waals surface area contributed by atoms with E-state index in [0.29, 0.717) is 13.2 Å². The third-order valence-electron chi connectivity index (χ3n) is 3.33. The average Bonchev–Trinajstić information content (AvgIpc) is 2.37. The lowest BCUT2D eigenvalue weighted by atomic mass is 10.2. The van der Waals surface area contributed by atoms with Gasteiger partial charge in [0.25, 0.3) is 0 Å². The van der Waals surface area contributed by atoms with Crippen molar-refractivity contribution in [2.45, 2.75) is 32.2 Å². The summed E-state index contributed by atoms with van der Waals surface area (Å²) in [6, 6.07) is 4.97. The molecule has 0 spiro atoms. The molecule has 3 nitrogen and oxygen atoms in total. The molecule has 1 heterocycles. The molecule has 0 aliphatic carbocycles. The molecule has 1 aromatic rings. The molecule has 0 bridgehead atoms. The largest absolute Gasteiger partial charge is 0.492 e. The Morgan fingerprint density at radius 1 is 1.24 bits per heavy atom. The minimum absolute atomic E-state index is 0.169. The normalized spacial score (nSPS) is 24.0. The molecule has 0 aromatic heterocycles. The van der Waals surface area contributed by atoms with E-state index >= 15 is 0 Å². The highest BCUT2D eigenvalue weighted by atomic mass is 19.4. The van der Waals surface area contributed by atoms with Crippen molar-refractivity contribution in [1.29, 1.82) is 0 Å². The van der Waals surface area contributed by atoms with Crippen LogP contribution in [0.5, 0.6) is 5.75 Å². The third-order valence-corrected chi connectivity index (χ3v) is 3.33. The highest BCUT2D eigenvalue weighted by molar-refractivity contribution is 5.30. The number of halogens is 3. The van der Waals surface area contributed by atoms with Crippen LogP contribution in [0.15, 0.2) is 24.3 Å². The molecule has 0 unspecified atom stereocenters. The first-order chi connectivity index (χ1) is 9.84. The Bertz CT molecular complexity index is 454. The number of benzene rings is 1. The van der Waals surface area contributed by atoms with Gasteiger partial charge in [-0.25, -0.2) is 0 Å². The summed E-state index contributed by atoms with van der Waals surface area (Å²) in [6.45, 7) is 6.69. The maximum Gasteiger partial charge on any atom is 0.416 e. The first-order valence-corrected chi connectivity index (χ1v) is 7.02. The van der Waals surface area contributed by atoms with Crippen LogP contribution in [0.1, 0.15) is 19.4 Å². The summed E-state index contributed by atoms with van der Waals surface area (Å²) in [4.78, 5) is 2.20. The molecule has 1 aromatic carbocycles. The summed E-state index contributed by atoms with van der Waals surface area (Å²) in [5, 5.41) is 0. The van der Waals surface area contributed by atoms with Crippen LogP contribution in [0.3, 0.4) is 0 Å². The fourth-order valence-corrected chi connectivity index (χ4v) is 2.52. The molecule has 1 saturated heterocycles. The van der Waals surface area contributed by atoms with E-state index in [-0.39, 0.29) is 18.0 Å². The lowest BCUT2D eigenvalue weighted by Crippen LogP contribution is -2.46. The summed E-state index contributed by atoms with van der Waals surface area (Å²) in [5.74, 6) is 0.249. The van der Waals surface area contributed by atoms with E-state index in [1.807, 2.05) is 13.8 Å². The topological polar surface area (TPSA) is 21.7 Å². The summed E-state index contributed by atoms with van der Waals surface area (Å²) in [6.07, 6.45) is -4.00. The van der Waals surface area contributed by atoms with Gasteiger partial charge in [0, 0.05) is 19.6 Å². The molecule has 6 heteroatoms. The molecule has 0 radical (unpaired) electrons. The van der Waals surface area contributed by atoms with Gasteiger partial charge in [0.15, 0.2) is 0 Å². The first-order valence-electron chi connectivity index (χ1n) is 7.02. The molecule has 2 rings (SSSR count). The average molecular weight is 303 g/mol. The van der Waals surface area contributed by atoms with Gasteiger partial charge in [-0.2, -0.15) is 13.2 Å². The molecule has 0 saturated carbocycles. The smallest absolute Gasteiger partial charge is 0.416 e. The number of hydrogen-bond donors (Lipinski definition) is 0. The highest BCUT2D eigenvalue weighted by Crippen LogP contribution is 2.31. The minimum Gasteiger partial charge on any atom is -0.492 e. The van der Waals surface area contributed by atoms with E-state index in [0.717, 1.165) is 25.2 Å². The summed E-state index contributed by atoms with van der Waals surface area (Å²) >= 11 is 0. The lowest BCUT2D eigenvalue weighted by Gasteiger charge is -2.35. The molecule has 2 atom stereocenters. The van der Waals surface area contributed by atoms with Crippen molar-refractivity contribution < 1.29 is 22.6 Å². The Morgan fingerprint density at radius 2 is 1.90 bits per heavy atom. The standard InChI is InChI=1S/C15H20F3NO2/c1-11-9-19(10-12(2)21-11)6-7-20-14-5-3-4-13(8-14)15(16,17)18/h3-5,8,11-12H,6-7,9-10H2,1-2H3/t11-,12-/m1/s1. The van der Waals surface area contributed by atoms with Crippen LogP contribution in [0.2, 0.25) is 0 Å². The minimum atomic E-state index is -4.34. The van der Waals surface area contributed by atoms with E-state index in [1.165, 1.54) is 6.07 Å². The number of nitrogens with zero attached hydrogens (tertiary/aromatic N) is 1. The van der Waals surface area contributed by atoms with E-state index in [1.54, 1.807) is 6.07 Å². The van der Waals surface area contributed by atoms with E-state index in [4.69, 9.17) is 9.47 Å². The van der Waals surface area contributed by atoms with Crippen LogP contribution in [0.25, 0.3) is 0 Å². The van der Waals surface area contributed by atoms with Crippen LogP contribution in [0, 0.1) is 0 Å². The number of rotatable bonds is 4. The van der Waals surface area contributed by atoms with Crippen molar-refractivity contribution in [3.8, 4) is 5.75 Å². The molecular weight excluding hydrogens is 283 g/mol. The van der Waals surface area contributed by atoms with Crippen molar-refractivity contribution in [3.63, 3.8) is 0 Å². The first kappa shape index (κ1) is 16.1. The maximum absolute atomic E-state index is 12.6. The molecule has 1 fully saturated rings. The molecule has 0 amide bonds. The van der Waals surface area contributed by atoms with Crippen molar-refractivity contribution in [1.82, 2.24) is 4.90 Å². The van der Waals surface area contributed by atoms with E-state index in [9.17, 15) is 13.2 Å². The second kappa shape index (κ2) is 6.66. The lowest BCUT2D eigenvalue weighted by molar-refractivity contribution is -0.137. The van der Waals surface area contributed by atoms with Crippen LogP contribution in [-0.2, 0) is 10.9 Å². The zero-order valence-corrected chi connectivity index (χ0v) is 12.2. The molecule has 1 aliphatic heterocycles. The molecule has 1 aliphatic rings. The molecule has 0 N–H and O–H groups in total. The molecule has 21 heavy (non-hydrogen) atoms. The predicted molar refractivity (Wildman–Crippen MR) is 73.4 cm³/mol. The number of alkyl halides is 3. The quantitative estimate of drug-likeness (QED) is 0.852. The van der Waals surface area contributed by atoms with Gasteiger partial charge in [0.05, 0.1) is 17.8 Å². The Kier molecular flexibility index (Phi) is 5.11. The Balaban J connectivity index is 1.83. The van der Waals surface area contributed by atoms with Gasteiger partial charge in [-0.15, -0.1) is 0 Å². The van der Waals surface area contributed by atoms with Gasteiger partial charge >= 0.3 is 6.18 Å². The summed E-state index contributed by atoms with van der Waals surface area (Å²) < 4.78 is 48.8. The van der Waals surface area contributed by atoms with Crippen LogP contribution in [0.4, 0.5) is 13.2 Å². The fourth-order valence-electron chi connectivity index (χ4n) is 2.52. The Labute approximate surface area is 122 Å². The maximum atomic E-state index is 12.6. The van der Waals surface area contributed by atoms with Crippen LogP contribution >= 0.6 is 0 Å². The highest BCUT2D eigenvalue weighted by Gasteiger charge is 2.30. The zero-order valence-electron chi connectivity index (χ0n) is 12.2. The van der Waals surface area contributed by atoms with Gasteiger partial charge in [-0.3, -0.25) is 4.90 Å². The summed E-state index contributed by atoms with van der Waals surface area (Å²) in [5.41, 5.74) is -0.686. The van der Waals surface area contributed by atoms with Gasteiger partial charge in [-0.1, -0.05) is 6.07 Å². The van der Waals surface area contributed by atoms with Crippen molar-refractivity contribution >= 4 is 0 Å². The van der Waals surface area contributed by atoms with Crippen LogP contribution < -0.4 is 4.74 Å². The van der Waals surface area contributed by atoms with Crippen molar-refractivity contribution in [2.24, 2.45) is 0 Å². The zero-order chi connectivity index (χ0) is 15.5. The van der Waals surface area contributed by atoms with Gasteiger partial charge in [0.2, 0.25) is 0 Å². The van der Waals surface area contributed by atoms with Gasteiger partial charge in [0.1, 0.15) is 12.4 Å². The Morgan fingerprint density at radius 3 is 2.52 bits per heavy atom. The number of ether oxygens (including phenoxy) is 2. The molecular formula is C15H20F3NO2.